The van der Waals surface area contributed by atoms with Gasteiger partial charge in [-0.05, 0) is 133 Å². The van der Waals surface area contributed by atoms with Crippen molar-refractivity contribution in [3.8, 4) is 12.1 Å². The van der Waals surface area contributed by atoms with Crippen LogP contribution in [0.3, 0.4) is 0 Å². The van der Waals surface area contributed by atoms with Crippen molar-refractivity contribution >= 4 is 57.3 Å². The van der Waals surface area contributed by atoms with E-state index < -0.39 is 41.2 Å². The molecule has 0 saturated carbocycles. The van der Waals surface area contributed by atoms with Crippen LogP contribution in [0.4, 0.5) is 17.6 Å². The minimum atomic E-state index is -1.14. The number of ketones is 1. The number of halogens is 4. The Balaban J connectivity index is 0.000000178. The summed E-state index contributed by atoms with van der Waals surface area (Å²) in [6, 6.07) is 22.4. The van der Waals surface area contributed by atoms with Crippen molar-refractivity contribution in [3.05, 3.63) is 130 Å². The van der Waals surface area contributed by atoms with Gasteiger partial charge in [-0.1, -0.05) is 43.3 Å². The fourth-order valence-corrected chi connectivity index (χ4v) is 11.0. The van der Waals surface area contributed by atoms with E-state index >= 15 is 0 Å². The fraction of sp³-hybridized carbons (Fsp3) is 0.388. The van der Waals surface area contributed by atoms with Crippen LogP contribution in [0.25, 0.3) is 22.1 Å². The largest absolute Gasteiger partial charge is 0.480 e. The number of carboxylic acid groups (broad SMARTS) is 1. The first-order chi connectivity index (χ1) is 31.0. The van der Waals surface area contributed by atoms with Gasteiger partial charge in [-0.3, -0.25) is 9.59 Å². The Hall–Kier alpha value is -5.68. The predicted octanol–water partition coefficient (Wildman–Crippen LogP) is 10.4. The van der Waals surface area contributed by atoms with Crippen LogP contribution in [-0.2, 0) is 33.5 Å². The molecule has 0 radical (unpaired) electrons. The molecule has 0 spiro atoms. The maximum atomic E-state index is 14.2. The molecule has 2 aromatic heterocycles. The third-order valence-electron chi connectivity index (χ3n) is 12.3. The van der Waals surface area contributed by atoms with Crippen molar-refractivity contribution in [1.29, 1.82) is 10.5 Å². The highest BCUT2D eigenvalue weighted by atomic mass is 32.2. The summed E-state index contributed by atoms with van der Waals surface area (Å²) < 4.78 is 56.4. The van der Waals surface area contributed by atoms with Gasteiger partial charge in [0.2, 0.25) is 0 Å². The summed E-state index contributed by atoms with van der Waals surface area (Å²) in [5.41, 5.74) is 12.4. The van der Waals surface area contributed by atoms with E-state index in [1.807, 2.05) is 56.4 Å². The molecule has 3 N–H and O–H groups in total. The SMILES string of the molecule is Cc1cc(C2(C#N)CCSCC2)ccc1C(C)CC(=O)Cn1cnc2ccc(F)c(F)c21.Cc1cc(C2(C#N)CCSCC2)ccc1C(C)N.O=C(O)Cn1cnc2ccc(F)c(F)c21. The van der Waals surface area contributed by atoms with Crippen LogP contribution in [0.2, 0.25) is 0 Å². The number of aryl methyl sites for hydroxylation is 2. The van der Waals surface area contributed by atoms with E-state index in [4.69, 9.17) is 10.8 Å². The number of carbonyl (C=O) groups is 2. The summed E-state index contributed by atoms with van der Waals surface area (Å²) in [4.78, 5) is 31.0. The molecule has 0 aliphatic carbocycles. The number of rotatable bonds is 10. The van der Waals surface area contributed by atoms with Gasteiger partial charge >= 0.3 is 5.97 Å². The number of Topliss-reactive ketones (excluding diaryl/α,β-unsaturated/α-hetero) is 1. The minimum Gasteiger partial charge on any atom is -0.480 e. The van der Waals surface area contributed by atoms with Gasteiger partial charge < -0.3 is 20.0 Å². The third kappa shape index (κ3) is 10.9. The number of aromatic nitrogens is 4. The predicted molar refractivity (Wildman–Crippen MR) is 248 cm³/mol. The average Bonchev–Trinajstić information content (AvgIpc) is 3.90. The van der Waals surface area contributed by atoms with Crippen molar-refractivity contribution in [2.24, 2.45) is 5.73 Å². The number of fused-ring (bicyclic) bond motifs is 2. The van der Waals surface area contributed by atoms with Crippen molar-refractivity contribution in [1.82, 2.24) is 19.1 Å². The summed E-state index contributed by atoms with van der Waals surface area (Å²) in [5, 5.41) is 28.0. The van der Waals surface area contributed by atoms with Gasteiger partial charge in [-0.2, -0.15) is 34.0 Å². The Morgan fingerprint density at radius 3 is 1.55 bits per heavy atom. The highest BCUT2D eigenvalue weighted by molar-refractivity contribution is 7.99. The van der Waals surface area contributed by atoms with Gasteiger partial charge in [0, 0.05) is 12.5 Å². The van der Waals surface area contributed by atoms with Crippen LogP contribution >= 0.6 is 23.5 Å². The molecular weight excluding hydrogens is 875 g/mol. The molecule has 2 atom stereocenters. The van der Waals surface area contributed by atoms with Crippen molar-refractivity contribution in [2.45, 2.75) is 95.7 Å². The van der Waals surface area contributed by atoms with E-state index in [0.717, 1.165) is 82.1 Å². The molecule has 2 saturated heterocycles. The zero-order valence-electron chi connectivity index (χ0n) is 36.7. The van der Waals surface area contributed by atoms with Crippen molar-refractivity contribution in [3.63, 3.8) is 0 Å². The topological polar surface area (TPSA) is 164 Å². The number of thioether (sulfide) groups is 2. The van der Waals surface area contributed by atoms with Gasteiger partial charge in [0.05, 0.1) is 53.2 Å². The molecule has 2 aliphatic heterocycles. The second-order valence-corrected chi connectivity index (χ2v) is 19.2. The van der Waals surface area contributed by atoms with Crippen molar-refractivity contribution in [2.75, 3.05) is 23.0 Å². The van der Waals surface area contributed by atoms with E-state index in [-0.39, 0.29) is 52.7 Å². The minimum absolute atomic E-state index is 0.0129. The van der Waals surface area contributed by atoms with Crippen LogP contribution in [0.5, 0.6) is 0 Å². The van der Waals surface area contributed by atoms with Crippen LogP contribution in [0, 0.1) is 59.8 Å². The van der Waals surface area contributed by atoms with Crippen LogP contribution in [0.15, 0.2) is 73.3 Å². The van der Waals surface area contributed by atoms with E-state index in [0.29, 0.717) is 5.52 Å². The molecule has 2 unspecified atom stereocenters. The van der Waals surface area contributed by atoms with Gasteiger partial charge in [0.25, 0.3) is 0 Å². The number of imidazole rings is 2. The summed E-state index contributed by atoms with van der Waals surface area (Å²) in [5.74, 6) is -1.14. The molecule has 10 nitrogen and oxygen atoms in total. The number of hydrogen-bond acceptors (Lipinski definition) is 9. The van der Waals surface area contributed by atoms with Crippen LogP contribution in [0.1, 0.15) is 91.3 Å². The lowest BCUT2D eigenvalue weighted by atomic mass is 9.75. The Labute approximate surface area is 384 Å². The molecule has 2 fully saturated rings. The maximum absolute atomic E-state index is 14.2. The first-order valence-corrected chi connectivity index (χ1v) is 23.6. The number of nitriles is 2. The van der Waals surface area contributed by atoms with Gasteiger partial charge in [-0.15, -0.1) is 0 Å². The summed E-state index contributed by atoms with van der Waals surface area (Å²) in [6.07, 6.45) is 6.46. The molecule has 16 heteroatoms. The molecular formula is C49H51F4N7O3S2. The van der Waals surface area contributed by atoms with Gasteiger partial charge in [-0.25, -0.2) is 27.5 Å². The second kappa shape index (κ2) is 21.1. The Morgan fingerprint density at radius 2 is 1.15 bits per heavy atom. The molecule has 8 rings (SSSR count). The lowest BCUT2D eigenvalue weighted by Gasteiger charge is -2.31. The third-order valence-corrected chi connectivity index (χ3v) is 14.3. The number of nitrogens with zero attached hydrogens (tertiary/aromatic N) is 6. The zero-order chi connectivity index (χ0) is 47.1. The number of carbonyl (C=O) groups excluding carboxylic acids is 1. The zero-order valence-corrected chi connectivity index (χ0v) is 38.3. The van der Waals surface area contributed by atoms with E-state index in [2.05, 4.69) is 53.3 Å². The lowest BCUT2D eigenvalue weighted by Crippen LogP contribution is -2.29. The smallest absolute Gasteiger partial charge is 0.323 e. The van der Waals surface area contributed by atoms with E-state index in [1.165, 1.54) is 46.0 Å². The maximum Gasteiger partial charge on any atom is 0.323 e. The number of carboxylic acids is 1. The number of aliphatic carboxylic acids is 1. The highest BCUT2D eigenvalue weighted by Gasteiger charge is 2.36. The normalized spacial score (nSPS) is 16.2. The Bertz CT molecular complexity index is 2780. The summed E-state index contributed by atoms with van der Waals surface area (Å²) in [7, 11) is 0. The van der Waals surface area contributed by atoms with Gasteiger partial charge in [0.1, 0.15) is 17.6 Å². The molecule has 65 heavy (non-hydrogen) atoms. The standard InChI is InChI=1S/C25H25F2N3OS.C15H20N2S.C9H6F2N2O2/c1-16-11-18(25(14-28)7-9-32-10-8-25)3-4-20(16)17(2)12-19(31)13-30-15-29-22-6-5-21(26)23(27)24(22)30;1-11-9-13(3-4-14(11)12(2)17)15(10-16)5-7-18-8-6-15;10-5-1-2-6-9(8(5)11)13(4-12-6)3-7(14)15/h3-6,11,15,17H,7-10,12-13H2,1-2H3;3-4,9,12H,5-8,17H2,1-2H3;1-2,4H,3H2,(H,14,15). The Kier molecular flexibility index (Phi) is 15.8. The first kappa shape index (κ1) is 48.8. The number of benzene rings is 4. The molecule has 0 amide bonds. The average molecular weight is 926 g/mol. The second-order valence-electron chi connectivity index (χ2n) is 16.8. The first-order valence-electron chi connectivity index (χ1n) is 21.3. The molecule has 6 aromatic rings. The van der Waals surface area contributed by atoms with Crippen LogP contribution in [-0.4, -0.2) is 59.0 Å². The number of nitrogens with two attached hydrogens (primary N) is 1. The Morgan fingerprint density at radius 1 is 0.723 bits per heavy atom. The van der Waals surface area contributed by atoms with E-state index in [1.54, 1.807) is 0 Å². The molecule has 4 heterocycles. The van der Waals surface area contributed by atoms with Crippen molar-refractivity contribution < 1.29 is 32.3 Å². The molecule has 0 bridgehead atoms. The van der Waals surface area contributed by atoms with E-state index in [9.17, 15) is 37.7 Å². The monoisotopic (exact) mass is 925 g/mol. The quantitative estimate of drug-likeness (QED) is 0.126. The van der Waals surface area contributed by atoms with Crippen LogP contribution < -0.4 is 5.73 Å². The molecule has 340 valence electrons. The highest BCUT2D eigenvalue weighted by Crippen LogP contribution is 2.40. The summed E-state index contributed by atoms with van der Waals surface area (Å²) in [6.45, 7) is 7.59. The number of hydrogen-bond donors (Lipinski definition) is 2. The fourth-order valence-electron chi connectivity index (χ4n) is 8.67. The lowest BCUT2D eigenvalue weighted by molar-refractivity contribution is -0.137. The van der Waals surface area contributed by atoms with Gasteiger partial charge in [0.15, 0.2) is 29.1 Å². The molecule has 4 aromatic carbocycles. The molecule has 2 aliphatic rings. The summed E-state index contributed by atoms with van der Waals surface area (Å²) >= 11 is 3.84.